The Morgan fingerprint density at radius 2 is 1.59 bits per heavy atom. The minimum atomic E-state index is 0.0590. The molecule has 3 aromatic carbocycles. The van der Waals surface area contributed by atoms with Crippen LogP contribution in [0.5, 0.6) is 5.75 Å². The maximum absolute atomic E-state index is 12.3. The number of aryl methyl sites for hydroxylation is 3. The average Bonchev–Trinajstić information content (AvgIpc) is 3.35. The Hall–Kier alpha value is -3.58. The lowest BCUT2D eigenvalue weighted by molar-refractivity contribution is -0.121. The highest BCUT2D eigenvalue weighted by atomic mass is 32.2. The van der Waals surface area contributed by atoms with Crippen LogP contribution < -0.4 is 10.1 Å². The highest BCUT2D eigenvalue weighted by molar-refractivity contribution is 7.99. The van der Waals surface area contributed by atoms with Gasteiger partial charge in [-0.2, -0.15) is 0 Å². The average molecular weight is 545 g/mol. The van der Waals surface area contributed by atoms with Crippen LogP contribution in [0.3, 0.4) is 0 Å². The van der Waals surface area contributed by atoms with Gasteiger partial charge in [0.25, 0.3) is 0 Å². The number of ether oxygens (including phenoxy) is 1. The maximum atomic E-state index is 12.3. The van der Waals surface area contributed by atoms with E-state index in [-0.39, 0.29) is 5.91 Å². The van der Waals surface area contributed by atoms with Crippen molar-refractivity contribution in [1.29, 1.82) is 0 Å². The summed E-state index contributed by atoms with van der Waals surface area (Å²) in [7, 11) is 1.64. The molecule has 206 valence electrons. The van der Waals surface area contributed by atoms with E-state index in [0.29, 0.717) is 13.0 Å². The van der Waals surface area contributed by atoms with Crippen molar-refractivity contribution in [1.82, 2.24) is 20.1 Å². The third-order valence-corrected chi connectivity index (χ3v) is 7.05. The number of nitrogens with one attached hydrogen (secondary N) is 1. The molecule has 0 saturated heterocycles. The molecule has 0 unspecified atom stereocenters. The molecule has 6 nitrogen and oxygen atoms in total. The predicted octanol–water partition coefficient (Wildman–Crippen LogP) is 6.67. The first-order valence-electron chi connectivity index (χ1n) is 13.6. The van der Waals surface area contributed by atoms with Gasteiger partial charge in [-0.3, -0.25) is 4.79 Å². The van der Waals surface area contributed by atoms with E-state index < -0.39 is 0 Å². The number of carbonyl (C=O) groups is 1. The van der Waals surface area contributed by atoms with Crippen molar-refractivity contribution >= 4 is 17.7 Å². The molecule has 4 aromatic rings. The zero-order chi connectivity index (χ0) is 27.7. The van der Waals surface area contributed by atoms with Crippen molar-refractivity contribution in [3.05, 3.63) is 107 Å². The van der Waals surface area contributed by atoms with Gasteiger partial charge in [0.05, 0.1) is 7.11 Å². The van der Waals surface area contributed by atoms with E-state index in [1.165, 1.54) is 11.1 Å². The number of para-hydroxylation sites is 1. The first-order valence-corrected chi connectivity index (χ1v) is 14.6. The van der Waals surface area contributed by atoms with Crippen LogP contribution in [0.4, 0.5) is 0 Å². The minimum Gasteiger partial charge on any atom is -0.496 e. The molecule has 0 aliphatic rings. The molecule has 1 aromatic heterocycles. The minimum absolute atomic E-state index is 0.0590. The summed E-state index contributed by atoms with van der Waals surface area (Å²) in [5.41, 5.74) is 3.62. The standard InChI is InChI=1S/C25H32N4O2S.C7H8/c1-3-32-25-28-27-23(29(25)18-17-20-11-5-4-6-12-20)15-9-10-16-24(30)26-19-21-13-7-8-14-22(21)31-2;1-7-5-3-2-4-6-7/h4-8,11-14H,3,9-10,15-19H2,1-2H3,(H,26,30);2-6H,1H3. The number of methoxy groups -OCH3 is 1. The lowest BCUT2D eigenvalue weighted by atomic mass is 10.1. The maximum Gasteiger partial charge on any atom is 0.220 e. The van der Waals surface area contributed by atoms with Crippen molar-refractivity contribution in [3.8, 4) is 5.75 Å². The molecule has 0 aliphatic heterocycles. The van der Waals surface area contributed by atoms with Gasteiger partial charge >= 0.3 is 0 Å². The van der Waals surface area contributed by atoms with E-state index in [4.69, 9.17) is 4.74 Å². The van der Waals surface area contributed by atoms with E-state index in [1.54, 1.807) is 18.9 Å². The van der Waals surface area contributed by atoms with Gasteiger partial charge in [-0.1, -0.05) is 103 Å². The summed E-state index contributed by atoms with van der Waals surface area (Å²) in [4.78, 5) is 12.3. The molecule has 7 heteroatoms. The number of carbonyl (C=O) groups excluding carboxylic acids is 1. The second-order valence-corrected chi connectivity index (χ2v) is 10.4. The van der Waals surface area contributed by atoms with E-state index in [1.807, 2.05) is 48.5 Å². The first-order chi connectivity index (χ1) is 19.1. The van der Waals surface area contributed by atoms with Crippen LogP contribution in [0, 0.1) is 6.92 Å². The van der Waals surface area contributed by atoms with Gasteiger partial charge in [-0.05, 0) is 43.6 Å². The zero-order valence-electron chi connectivity index (χ0n) is 23.3. The van der Waals surface area contributed by atoms with E-state index in [0.717, 1.165) is 60.3 Å². The second kappa shape index (κ2) is 17.1. The zero-order valence-corrected chi connectivity index (χ0v) is 24.1. The molecule has 0 fully saturated rings. The van der Waals surface area contributed by atoms with Crippen molar-refractivity contribution in [2.75, 3.05) is 12.9 Å². The van der Waals surface area contributed by atoms with Crippen LogP contribution in [-0.2, 0) is 30.7 Å². The Bertz CT molecular complexity index is 1250. The Morgan fingerprint density at radius 3 is 2.26 bits per heavy atom. The summed E-state index contributed by atoms with van der Waals surface area (Å²) < 4.78 is 7.57. The molecule has 0 aliphatic carbocycles. The van der Waals surface area contributed by atoms with Crippen LogP contribution in [-0.4, -0.2) is 33.5 Å². The van der Waals surface area contributed by atoms with Crippen LogP contribution in [0.25, 0.3) is 0 Å². The molecule has 1 N–H and O–H groups in total. The van der Waals surface area contributed by atoms with Crippen LogP contribution >= 0.6 is 11.8 Å². The summed E-state index contributed by atoms with van der Waals surface area (Å²) in [6.07, 6.45) is 4.01. The fraction of sp³-hybridized carbons (Fsp3) is 0.344. The molecule has 0 spiro atoms. The molecule has 4 rings (SSSR count). The number of unbranched alkanes of at least 4 members (excludes halogenated alkanes) is 1. The Kier molecular flexibility index (Phi) is 13.1. The SMILES string of the molecule is CCSc1nnc(CCCCC(=O)NCc2ccccc2OC)n1CCc1ccccc1.Cc1ccccc1. The number of rotatable bonds is 13. The number of thioether (sulfide) groups is 1. The smallest absolute Gasteiger partial charge is 0.220 e. The number of hydrogen-bond donors (Lipinski definition) is 1. The molecule has 0 saturated carbocycles. The third-order valence-electron chi connectivity index (χ3n) is 6.20. The Balaban J connectivity index is 0.000000520. The molecule has 39 heavy (non-hydrogen) atoms. The number of aromatic nitrogens is 3. The van der Waals surface area contributed by atoms with Gasteiger partial charge in [0.1, 0.15) is 11.6 Å². The molecule has 0 radical (unpaired) electrons. The quantitative estimate of drug-likeness (QED) is 0.150. The lowest BCUT2D eigenvalue weighted by Crippen LogP contribution is -2.22. The van der Waals surface area contributed by atoms with E-state index in [2.05, 4.69) is 70.3 Å². The summed E-state index contributed by atoms with van der Waals surface area (Å²) >= 11 is 1.72. The van der Waals surface area contributed by atoms with Crippen molar-refractivity contribution in [2.45, 2.75) is 64.2 Å². The van der Waals surface area contributed by atoms with Gasteiger partial charge in [-0.15, -0.1) is 10.2 Å². The number of nitrogens with zero attached hydrogens (tertiary/aromatic N) is 3. The largest absolute Gasteiger partial charge is 0.496 e. The molecule has 0 atom stereocenters. The number of amides is 1. The van der Waals surface area contributed by atoms with Gasteiger partial charge in [-0.25, -0.2) is 0 Å². The van der Waals surface area contributed by atoms with Crippen LogP contribution in [0.15, 0.2) is 90.1 Å². The summed E-state index contributed by atoms with van der Waals surface area (Å²) in [5, 5.41) is 12.8. The van der Waals surface area contributed by atoms with Gasteiger partial charge in [0.15, 0.2) is 5.16 Å². The molecule has 1 amide bonds. The lowest BCUT2D eigenvalue weighted by Gasteiger charge is -2.11. The highest BCUT2D eigenvalue weighted by Gasteiger charge is 2.12. The predicted molar refractivity (Wildman–Crippen MR) is 160 cm³/mol. The molecule has 0 bridgehead atoms. The van der Waals surface area contributed by atoms with Crippen molar-refractivity contribution < 1.29 is 9.53 Å². The topological polar surface area (TPSA) is 69.0 Å². The van der Waals surface area contributed by atoms with Gasteiger partial charge < -0.3 is 14.6 Å². The summed E-state index contributed by atoms with van der Waals surface area (Å²) in [5.74, 6) is 2.83. The van der Waals surface area contributed by atoms with E-state index >= 15 is 0 Å². The molecule has 1 heterocycles. The fourth-order valence-corrected chi connectivity index (χ4v) is 4.79. The fourth-order valence-electron chi connectivity index (χ4n) is 4.08. The first kappa shape index (κ1) is 30.0. The van der Waals surface area contributed by atoms with E-state index in [9.17, 15) is 4.79 Å². The van der Waals surface area contributed by atoms with Crippen LogP contribution in [0.2, 0.25) is 0 Å². The second-order valence-electron chi connectivity index (χ2n) is 9.17. The van der Waals surface area contributed by atoms with Crippen LogP contribution in [0.1, 0.15) is 48.7 Å². The summed E-state index contributed by atoms with van der Waals surface area (Å²) in [6.45, 7) is 5.56. The van der Waals surface area contributed by atoms with Crippen molar-refractivity contribution in [2.24, 2.45) is 0 Å². The highest BCUT2D eigenvalue weighted by Crippen LogP contribution is 2.19. The van der Waals surface area contributed by atoms with Crippen molar-refractivity contribution in [3.63, 3.8) is 0 Å². The molecular weight excluding hydrogens is 504 g/mol. The van der Waals surface area contributed by atoms with Gasteiger partial charge in [0.2, 0.25) is 5.91 Å². The summed E-state index contributed by atoms with van der Waals surface area (Å²) in [6, 6.07) is 28.5. The number of benzene rings is 3. The Labute approximate surface area is 237 Å². The van der Waals surface area contributed by atoms with Gasteiger partial charge in [0, 0.05) is 31.5 Å². The molecular formula is C32H40N4O2S. The normalized spacial score (nSPS) is 10.4. The third kappa shape index (κ3) is 10.6. The Morgan fingerprint density at radius 1 is 0.897 bits per heavy atom. The monoisotopic (exact) mass is 544 g/mol. The number of hydrogen-bond acceptors (Lipinski definition) is 5.